The first kappa shape index (κ1) is 19.9. The number of amides is 2. The second-order valence-electron chi connectivity index (χ2n) is 7.13. The van der Waals surface area contributed by atoms with Gasteiger partial charge in [-0.3, -0.25) is 14.9 Å². The number of hydrogen-bond acceptors (Lipinski definition) is 6. The Bertz CT molecular complexity index is 836. The second kappa shape index (κ2) is 8.00. The van der Waals surface area contributed by atoms with Gasteiger partial charge < -0.3 is 15.1 Å². The van der Waals surface area contributed by atoms with Crippen LogP contribution in [-0.4, -0.2) is 40.8 Å². The van der Waals surface area contributed by atoms with Crippen molar-refractivity contribution in [2.24, 2.45) is 17.6 Å². The fourth-order valence-corrected chi connectivity index (χ4v) is 4.71. The standard InChI is InChI=1S/C18H22N4O3S.ClH/c1-10-13(4-5-25-10)17(24)21-18-20-12(9-26-18)6-16(23)22-7-11-2-3-15(19)14(11)8-22;/h4-5,9,11,14-15H,2-3,6-8,19H2,1H3,(H,20,21,24);1H. The number of aromatic nitrogens is 1. The number of nitrogens with one attached hydrogen (secondary N) is 1. The zero-order valence-corrected chi connectivity index (χ0v) is 16.6. The zero-order chi connectivity index (χ0) is 18.3. The SMILES string of the molecule is Cc1occc1C(=O)Nc1nc(CC(=O)N2CC3CCC(N)C3C2)cs1.Cl. The molecule has 0 radical (unpaired) electrons. The molecule has 146 valence electrons. The number of hydrogen-bond donors (Lipinski definition) is 2. The number of halogens is 1. The van der Waals surface area contributed by atoms with Crippen molar-refractivity contribution in [2.75, 3.05) is 18.4 Å². The predicted molar refractivity (Wildman–Crippen MR) is 105 cm³/mol. The van der Waals surface area contributed by atoms with Crippen molar-refractivity contribution >= 4 is 40.7 Å². The molecule has 1 saturated heterocycles. The van der Waals surface area contributed by atoms with Crippen molar-refractivity contribution in [3.8, 4) is 0 Å². The van der Waals surface area contributed by atoms with Crippen LogP contribution < -0.4 is 11.1 Å². The molecule has 2 amide bonds. The lowest BCUT2D eigenvalue weighted by molar-refractivity contribution is -0.129. The van der Waals surface area contributed by atoms with E-state index in [4.69, 9.17) is 10.2 Å². The molecule has 27 heavy (non-hydrogen) atoms. The molecular weight excluding hydrogens is 388 g/mol. The van der Waals surface area contributed by atoms with E-state index >= 15 is 0 Å². The summed E-state index contributed by atoms with van der Waals surface area (Å²) in [5.41, 5.74) is 7.30. The van der Waals surface area contributed by atoms with E-state index in [0.717, 1.165) is 25.9 Å². The highest BCUT2D eigenvalue weighted by Gasteiger charge is 2.42. The van der Waals surface area contributed by atoms with Crippen LogP contribution in [0.5, 0.6) is 0 Å². The molecule has 3 unspecified atom stereocenters. The van der Waals surface area contributed by atoms with Gasteiger partial charge in [0.25, 0.3) is 5.91 Å². The number of fused-ring (bicyclic) bond motifs is 1. The van der Waals surface area contributed by atoms with Crippen LogP contribution in [0.2, 0.25) is 0 Å². The largest absolute Gasteiger partial charge is 0.469 e. The van der Waals surface area contributed by atoms with Crippen LogP contribution in [-0.2, 0) is 11.2 Å². The van der Waals surface area contributed by atoms with Gasteiger partial charge in [0.15, 0.2) is 5.13 Å². The Morgan fingerprint density at radius 1 is 1.41 bits per heavy atom. The number of aryl methyl sites for hydroxylation is 1. The van der Waals surface area contributed by atoms with E-state index in [1.54, 1.807) is 13.0 Å². The quantitative estimate of drug-likeness (QED) is 0.806. The Balaban J connectivity index is 0.00000210. The zero-order valence-electron chi connectivity index (χ0n) is 15.0. The van der Waals surface area contributed by atoms with Crippen molar-refractivity contribution in [3.05, 3.63) is 34.7 Å². The van der Waals surface area contributed by atoms with E-state index in [1.165, 1.54) is 17.6 Å². The number of carbonyl (C=O) groups excluding carboxylic acids is 2. The number of nitrogens with zero attached hydrogens (tertiary/aromatic N) is 2. The number of rotatable bonds is 4. The highest BCUT2D eigenvalue weighted by Crippen LogP contribution is 2.37. The van der Waals surface area contributed by atoms with Crippen molar-refractivity contribution in [1.29, 1.82) is 0 Å². The number of anilines is 1. The molecular formula is C18H23ClN4O3S. The van der Waals surface area contributed by atoms with Crippen LogP contribution in [0.15, 0.2) is 22.1 Å². The molecule has 7 nitrogen and oxygen atoms in total. The fraction of sp³-hybridized carbons (Fsp3) is 0.500. The van der Waals surface area contributed by atoms with Crippen LogP contribution in [0.3, 0.4) is 0 Å². The van der Waals surface area contributed by atoms with E-state index in [0.29, 0.717) is 34.0 Å². The Morgan fingerprint density at radius 3 is 2.93 bits per heavy atom. The van der Waals surface area contributed by atoms with Gasteiger partial charge in [0.2, 0.25) is 5.91 Å². The van der Waals surface area contributed by atoms with Crippen molar-refractivity contribution in [2.45, 2.75) is 32.2 Å². The maximum absolute atomic E-state index is 12.6. The van der Waals surface area contributed by atoms with Crippen molar-refractivity contribution < 1.29 is 14.0 Å². The first-order valence-electron chi connectivity index (χ1n) is 8.84. The van der Waals surface area contributed by atoms with Crippen LogP contribution in [0, 0.1) is 18.8 Å². The molecule has 1 saturated carbocycles. The summed E-state index contributed by atoms with van der Waals surface area (Å²) >= 11 is 1.32. The molecule has 2 aromatic heterocycles. The van der Waals surface area contributed by atoms with E-state index in [9.17, 15) is 9.59 Å². The minimum atomic E-state index is -0.259. The molecule has 1 aliphatic carbocycles. The van der Waals surface area contributed by atoms with Gasteiger partial charge in [0.05, 0.1) is 23.9 Å². The predicted octanol–water partition coefficient (Wildman–Crippen LogP) is 2.46. The maximum Gasteiger partial charge on any atom is 0.260 e. The van der Waals surface area contributed by atoms with E-state index in [1.807, 2.05) is 10.3 Å². The summed E-state index contributed by atoms with van der Waals surface area (Å²) in [5.74, 6) is 1.39. The summed E-state index contributed by atoms with van der Waals surface area (Å²) in [7, 11) is 0. The fourth-order valence-electron chi connectivity index (χ4n) is 4.01. The summed E-state index contributed by atoms with van der Waals surface area (Å²) in [5, 5.41) is 5.06. The highest BCUT2D eigenvalue weighted by atomic mass is 35.5. The molecule has 3 heterocycles. The minimum Gasteiger partial charge on any atom is -0.469 e. The van der Waals surface area contributed by atoms with Crippen LogP contribution >= 0.6 is 23.7 Å². The van der Waals surface area contributed by atoms with Crippen molar-refractivity contribution in [3.63, 3.8) is 0 Å². The third-order valence-electron chi connectivity index (χ3n) is 5.47. The topological polar surface area (TPSA) is 101 Å². The average molecular weight is 411 g/mol. The number of thiazole rings is 1. The summed E-state index contributed by atoms with van der Waals surface area (Å²) in [6.07, 6.45) is 3.93. The third kappa shape index (κ3) is 4.02. The van der Waals surface area contributed by atoms with Gasteiger partial charge in [-0.2, -0.15) is 0 Å². The van der Waals surface area contributed by atoms with Crippen LogP contribution in [0.4, 0.5) is 5.13 Å². The lowest BCUT2D eigenvalue weighted by Gasteiger charge is -2.18. The first-order chi connectivity index (χ1) is 12.5. The monoisotopic (exact) mass is 410 g/mol. The lowest BCUT2D eigenvalue weighted by Crippen LogP contribution is -2.34. The molecule has 1 aliphatic heterocycles. The van der Waals surface area contributed by atoms with Crippen LogP contribution in [0.25, 0.3) is 0 Å². The van der Waals surface area contributed by atoms with Gasteiger partial charge in [-0.05, 0) is 37.7 Å². The van der Waals surface area contributed by atoms with E-state index in [-0.39, 0.29) is 36.7 Å². The van der Waals surface area contributed by atoms with Gasteiger partial charge in [-0.1, -0.05) is 0 Å². The van der Waals surface area contributed by atoms with Crippen LogP contribution in [0.1, 0.15) is 34.7 Å². The Labute approximate surface area is 167 Å². The highest BCUT2D eigenvalue weighted by molar-refractivity contribution is 7.14. The summed E-state index contributed by atoms with van der Waals surface area (Å²) < 4.78 is 5.14. The van der Waals surface area contributed by atoms with Crippen molar-refractivity contribution in [1.82, 2.24) is 9.88 Å². The molecule has 3 atom stereocenters. The van der Waals surface area contributed by atoms with E-state index in [2.05, 4.69) is 10.3 Å². The smallest absolute Gasteiger partial charge is 0.260 e. The summed E-state index contributed by atoms with van der Waals surface area (Å²) in [4.78, 5) is 31.0. The molecule has 0 bridgehead atoms. The van der Waals surface area contributed by atoms with Gasteiger partial charge >= 0.3 is 0 Å². The molecule has 3 N–H and O–H groups in total. The molecule has 0 aromatic carbocycles. The molecule has 0 spiro atoms. The average Bonchev–Trinajstić information content (AvgIpc) is 3.35. The molecule has 4 rings (SSSR count). The minimum absolute atomic E-state index is 0. The molecule has 9 heteroatoms. The molecule has 2 aromatic rings. The third-order valence-corrected chi connectivity index (χ3v) is 6.28. The molecule has 2 fully saturated rings. The maximum atomic E-state index is 12.6. The summed E-state index contributed by atoms with van der Waals surface area (Å²) in [6, 6.07) is 1.85. The Kier molecular flexibility index (Phi) is 5.88. The van der Waals surface area contributed by atoms with E-state index < -0.39 is 0 Å². The lowest BCUT2D eigenvalue weighted by atomic mass is 9.98. The van der Waals surface area contributed by atoms with Gasteiger partial charge in [-0.25, -0.2) is 4.98 Å². The Morgan fingerprint density at radius 2 is 2.22 bits per heavy atom. The van der Waals surface area contributed by atoms with Gasteiger partial charge in [-0.15, -0.1) is 23.7 Å². The number of nitrogens with two attached hydrogens (primary N) is 1. The first-order valence-corrected chi connectivity index (χ1v) is 9.72. The molecule has 2 aliphatic rings. The van der Waals surface area contributed by atoms with Gasteiger partial charge in [0, 0.05) is 24.5 Å². The van der Waals surface area contributed by atoms with Gasteiger partial charge in [0.1, 0.15) is 5.76 Å². The normalized spacial score (nSPS) is 23.8. The summed E-state index contributed by atoms with van der Waals surface area (Å²) in [6.45, 7) is 3.31. The Hall–Kier alpha value is -1.90. The second-order valence-corrected chi connectivity index (χ2v) is 7.99. The number of likely N-dealkylation sites (tertiary alicyclic amines) is 1. The number of carbonyl (C=O) groups is 2. The number of furan rings is 1.